The maximum Gasteiger partial charge on any atom is 0.251 e. The number of methoxy groups -OCH3 is 2. The summed E-state index contributed by atoms with van der Waals surface area (Å²) in [6.07, 6.45) is 1.41. The van der Waals surface area contributed by atoms with Gasteiger partial charge in [-0.3, -0.25) is 4.79 Å². The fourth-order valence-electron chi connectivity index (χ4n) is 3.18. The highest BCUT2D eigenvalue weighted by atomic mass is 16.5. The second-order valence-corrected chi connectivity index (χ2v) is 6.01. The van der Waals surface area contributed by atoms with E-state index in [1.165, 1.54) is 0 Å². The first-order valence-electron chi connectivity index (χ1n) is 8.84. The number of benzene rings is 1. The molecular formula is C19H29NO5. The average Bonchev–Trinajstić information content (AvgIpc) is 3.13. The van der Waals surface area contributed by atoms with Crippen LogP contribution in [0.5, 0.6) is 11.5 Å². The van der Waals surface area contributed by atoms with Gasteiger partial charge in [-0.15, -0.1) is 0 Å². The molecule has 1 heterocycles. The zero-order valence-corrected chi connectivity index (χ0v) is 15.6. The van der Waals surface area contributed by atoms with Crippen molar-refractivity contribution in [2.24, 2.45) is 0 Å². The highest BCUT2D eigenvalue weighted by molar-refractivity contribution is 5.81. The van der Waals surface area contributed by atoms with Crippen molar-refractivity contribution in [1.29, 1.82) is 0 Å². The van der Waals surface area contributed by atoms with Gasteiger partial charge in [-0.25, -0.2) is 0 Å². The van der Waals surface area contributed by atoms with Crippen molar-refractivity contribution in [3.8, 4) is 11.5 Å². The average molecular weight is 351 g/mol. The van der Waals surface area contributed by atoms with Gasteiger partial charge >= 0.3 is 0 Å². The van der Waals surface area contributed by atoms with E-state index in [0.29, 0.717) is 19.8 Å². The highest BCUT2D eigenvalue weighted by Crippen LogP contribution is 2.39. The minimum absolute atomic E-state index is 0.00583. The van der Waals surface area contributed by atoms with Crippen molar-refractivity contribution in [1.82, 2.24) is 4.90 Å². The molecule has 25 heavy (non-hydrogen) atoms. The Bertz CT molecular complexity index is 563. The molecule has 0 saturated carbocycles. The first-order valence-corrected chi connectivity index (χ1v) is 8.84. The van der Waals surface area contributed by atoms with E-state index in [0.717, 1.165) is 36.4 Å². The Kier molecular flexibility index (Phi) is 7.52. The Morgan fingerprint density at radius 3 is 2.76 bits per heavy atom. The van der Waals surface area contributed by atoms with Crippen molar-refractivity contribution < 1.29 is 23.7 Å². The Labute approximate surface area is 150 Å². The van der Waals surface area contributed by atoms with Crippen molar-refractivity contribution >= 4 is 5.91 Å². The molecule has 1 aliphatic heterocycles. The van der Waals surface area contributed by atoms with Gasteiger partial charge in [-0.2, -0.15) is 0 Å². The Balaban J connectivity index is 2.07. The minimum atomic E-state index is -0.481. The van der Waals surface area contributed by atoms with Gasteiger partial charge in [-0.05, 0) is 38.8 Å². The number of ether oxygens (including phenoxy) is 4. The lowest BCUT2D eigenvalue weighted by atomic mass is 10.0. The number of likely N-dealkylation sites (tertiary alicyclic amines) is 1. The predicted molar refractivity (Wildman–Crippen MR) is 95.1 cm³/mol. The van der Waals surface area contributed by atoms with Gasteiger partial charge < -0.3 is 23.8 Å². The standard InChI is InChI=1S/C19H29NO5/c1-5-24-11-12-25-14(2)19(21)20-10-6-7-17(20)16-9-8-15(22-3)13-18(16)23-4/h8-9,13-14,17H,5-7,10-12H2,1-4H3. The van der Waals surface area contributed by atoms with E-state index < -0.39 is 6.10 Å². The van der Waals surface area contributed by atoms with Crippen LogP contribution in [0.1, 0.15) is 38.3 Å². The van der Waals surface area contributed by atoms with Gasteiger partial charge in [0, 0.05) is 24.8 Å². The fraction of sp³-hybridized carbons (Fsp3) is 0.632. The Morgan fingerprint density at radius 2 is 2.08 bits per heavy atom. The molecule has 140 valence electrons. The topological polar surface area (TPSA) is 57.2 Å². The molecule has 0 aliphatic carbocycles. The molecule has 1 saturated heterocycles. The molecule has 0 bridgehead atoms. The smallest absolute Gasteiger partial charge is 0.251 e. The van der Waals surface area contributed by atoms with Crippen LogP contribution in [0.2, 0.25) is 0 Å². The number of amides is 1. The van der Waals surface area contributed by atoms with Crippen LogP contribution in [-0.4, -0.2) is 57.5 Å². The summed E-state index contributed by atoms with van der Waals surface area (Å²) in [5.74, 6) is 1.50. The van der Waals surface area contributed by atoms with Crippen LogP contribution in [0.3, 0.4) is 0 Å². The molecule has 2 atom stereocenters. The summed E-state index contributed by atoms with van der Waals surface area (Å²) < 4.78 is 21.7. The van der Waals surface area contributed by atoms with Crippen molar-refractivity contribution in [2.75, 3.05) is 40.6 Å². The molecule has 1 aromatic rings. The lowest BCUT2D eigenvalue weighted by molar-refractivity contribution is -0.144. The van der Waals surface area contributed by atoms with E-state index in [-0.39, 0.29) is 11.9 Å². The van der Waals surface area contributed by atoms with Crippen LogP contribution in [0.15, 0.2) is 18.2 Å². The van der Waals surface area contributed by atoms with Crippen molar-refractivity contribution in [3.05, 3.63) is 23.8 Å². The van der Waals surface area contributed by atoms with Gasteiger partial charge in [0.05, 0.1) is 33.5 Å². The van der Waals surface area contributed by atoms with Crippen LogP contribution in [0, 0.1) is 0 Å². The second kappa shape index (κ2) is 9.63. The summed E-state index contributed by atoms with van der Waals surface area (Å²) in [6.45, 7) is 6.05. The Morgan fingerprint density at radius 1 is 1.28 bits per heavy atom. The number of hydrogen-bond acceptors (Lipinski definition) is 5. The van der Waals surface area contributed by atoms with Gasteiger partial charge in [-0.1, -0.05) is 0 Å². The third kappa shape index (κ3) is 4.86. The van der Waals surface area contributed by atoms with E-state index >= 15 is 0 Å². The molecule has 0 aromatic heterocycles. The van der Waals surface area contributed by atoms with Crippen LogP contribution >= 0.6 is 0 Å². The van der Waals surface area contributed by atoms with Crippen LogP contribution in [0.25, 0.3) is 0 Å². The van der Waals surface area contributed by atoms with Crippen LogP contribution < -0.4 is 9.47 Å². The predicted octanol–water partition coefficient (Wildman–Crippen LogP) is 2.81. The molecule has 1 aromatic carbocycles. The van der Waals surface area contributed by atoms with E-state index in [1.54, 1.807) is 21.1 Å². The van der Waals surface area contributed by atoms with Gasteiger partial charge in [0.15, 0.2) is 0 Å². The zero-order valence-electron chi connectivity index (χ0n) is 15.6. The highest BCUT2D eigenvalue weighted by Gasteiger charge is 2.34. The quantitative estimate of drug-likeness (QED) is 0.640. The zero-order chi connectivity index (χ0) is 18.2. The summed E-state index contributed by atoms with van der Waals surface area (Å²) in [6, 6.07) is 5.75. The van der Waals surface area contributed by atoms with E-state index in [4.69, 9.17) is 18.9 Å². The molecule has 1 aliphatic rings. The van der Waals surface area contributed by atoms with Crippen LogP contribution in [0.4, 0.5) is 0 Å². The summed E-state index contributed by atoms with van der Waals surface area (Å²) in [7, 11) is 3.26. The molecular weight excluding hydrogens is 322 g/mol. The molecule has 1 fully saturated rings. The van der Waals surface area contributed by atoms with E-state index in [1.807, 2.05) is 30.0 Å². The minimum Gasteiger partial charge on any atom is -0.497 e. The molecule has 2 rings (SSSR count). The molecule has 0 spiro atoms. The van der Waals surface area contributed by atoms with Crippen LogP contribution in [-0.2, 0) is 14.3 Å². The number of carbonyl (C=O) groups excluding carboxylic acids is 1. The number of hydrogen-bond donors (Lipinski definition) is 0. The normalized spacial score (nSPS) is 18.2. The SMILES string of the molecule is CCOCCOC(C)C(=O)N1CCCC1c1ccc(OC)cc1OC. The number of carbonyl (C=O) groups is 1. The van der Waals surface area contributed by atoms with Crippen molar-refractivity contribution in [2.45, 2.75) is 38.8 Å². The van der Waals surface area contributed by atoms with E-state index in [9.17, 15) is 4.79 Å². The van der Waals surface area contributed by atoms with Crippen molar-refractivity contribution in [3.63, 3.8) is 0 Å². The lowest BCUT2D eigenvalue weighted by Gasteiger charge is -2.29. The van der Waals surface area contributed by atoms with E-state index in [2.05, 4.69) is 0 Å². The molecule has 0 radical (unpaired) electrons. The molecule has 1 amide bonds. The molecule has 2 unspecified atom stereocenters. The summed E-state index contributed by atoms with van der Waals surface area (Å²) in [5.41, 5.74) is 1.01. The lowest BCUT2D eigenvalue weighted by Crippen LogP contribution is -2.39. The third-order valence-corrected chi connectivity index (χ3v) is 4.48. The molecule has 6 nitrogen and oxygen atoms in total. The second-order valence-electron chi connectivity index (χ2n) is 6.01. The monoisotopic (exact) mass is 351 g/mol. The third-order valence-electron chi connectivity index (χ3n) is 4.48. The first-order chi connectivity index (χ1) is 12.1. The Hall–Kier alpha value is -1.79. The summed E-state index contributed by atoms with van der Waals surface area (Å²) >= 11 is 0. The summed E-state index contributed by atoms with van der Waals surface area (Å²) in [5, 5.41) is 0. The molecule has 6 heteroatoms. The van der Waals surface area contributed by atoms with Gasteiger partial charge in [0.2, 0.25) is 0 Å². The molecule has 0 N–H and O–H groups in total. The first kappa shape index (κ1) is 19.5. The largest absolute Gasteiger partial charge is 0.497 e. The van der Waals surface area contributed by atoms with Gasteiger partial charge in [0.1, 0.15) is 17.6 Å². The number of nitrogens with zero attached hydrogens (tertiary/aromatic N) is 1. The van der Waals surface area contributed by atoms with Gasteiger partial charge in [0.25, 0.3) is 5.91 Å². The maximum atomic E-state index is 12.8. The maximum absolute atomic E-state index is 12.8. The number of rotatable bonds is 9. The fourth-order valence-corrected chi connectivity index (χ4v) is 3.18. The summed E-state index contributed by atoms with van der Waals surface area (Å²) in [4.78, 5) is 14.7.